The maximum Gasteiger partial charge on any atom is 0.222 e. The van der Waals surface area contributed by atoms with Gasteiger partial charge in [0.25, 0.3) is 0 Å². The summed E-state index contributed by atoms with van der Waals surface area (Å²) in [6.45, 7) is 2.53. The molecule has 2 rings (SSSR count). The molecule has 0 bridgehead atoms. The van der Waals surface area contributed by atoms with Crippen molar-refractivity contribution >= 4 is 5.95 Å². The molecule has 15 heavy (non-hydrogen) atoms. The van der Waals surface area contributed by atoms with Crippen LogP contribution >= 0.6 is 0 Å². The number of rotatable bonds is 3. The van der Waals surface area contributed by atoms with Crippen LogP contribution in [-0.4, -0.2) is 20.2 Å². The molecular formula is C10H11N5. The first kappa shape index (κ1) is 9.51. The van der Waals surface area contributed by atoms with Crippen molar-refractivity contribution in [1.29, 1.82) is 0 Å². The Bertz CT molecular complexity index is 412. The number of aromatic nitrogens is 4. The lowest BCUT2D eigenvalue weighted by Gasteiger charge is -2.02. The summed E-state index contributed by atoms with van der Waals surface area (Å²) >= 11 is 0. The van der Waals surface area contributed by atoms with Crippen LogP contribution in [0.2, 0.25) is 0 Å². The van der Waals surface area contributed by atoms with E-state index in [1.54, 1.807) is 18.6 Å². The molecule has 0 saturated heterocycles. The van der Waals surface area contributed by atoms with E-state index in [-0.39, 0.29) is 0 Å². The average Bonchev–Trinajstić information content (AvgIpc) is 2.30. The van der Waals surface area contributed by atoms with E-state index in [4.69, 9.17) is 0 Å². The van der Waals surface area contributed by atoms with E-state index < -0.39 is 0 Å². The fraction of sp³-hybridized carbons (Fsp3) is 0.200. The van der Waals surface area contributed by atoms with E-state index in [1.807, 2.05) is 19.1 Å². The van der Waals surface area contributed by atoms with Crippen molar-refractivity contribution in [3.05, 3.63) is 42.0 Å². The third kappa shape index (κ3) is 2.70. The molecule has 5 heteroatoms. The van der Waals surface area contributed by atoms with E-state index >= 15 is 0 Å². The molecular weight excluding hydrogens is 190 g/mol. The van der Waals surface area contributed by atoms with Gasteiger partial charge in [-0.2, -0.15) is 10.2 Å². The number of hydrogen-bond acceptors (Lipinski definition) is 5. The molecule has 0 aliphatic carbocycles. The molecule has 0 aliphatic heterocycles. The molecule has 0 unspecified atom stereocenters. The first-order valence-electron chi connectivity index (χ1n) is 4.64. The molecule has 2 aromatic heterocycles. The zero-order valence-corrected chi connectivity index (χ0v) is 8.38. The monoisotopic (exact) mass is 201 g/mol. The highest BCUT2D eigenvalue weighted by molar-refractivity contribution is 5.25. The minimum absolute atomic E-state index is 0.580. The quantitative estimate of drug-likeness (QED) is 0.808. The van der Waals surface area contributed by atoms with Gasteiger partial charge in [-0.3, -0.25) is 0 Å². The second-order valence-corrected chi connectivity index (χ2v) is 3.15. The Morgan fingerprint density at radius 3 is 2.73 bits per heavy atom. The Morgan fingerprint density at radius 2 is 2.07 bits per heavy atom. The first-order valence-corrected chi connectivity index (χ1v) is 4.64. The number of nitrogens with one attached hydrogen (secondary N) is 1. The smallest absolute Gasteiger partial charge is 0.222 e. The fourth-order valence-electron chi connectivity index (χ4n) is 1.08. The van der Waals surface area contributed by atoms with Gasteiger partial charge in [0.1, 0.15) is 0 Å². The van der Waals surface area contributed by atoms with E-state index in [9.17, 15) is 0 Å². The third-order valence-electron chi connectivity index (χ3n) is 1.84. The van der Waals surface area contributed by atoms with Crippen molar-refractivity contribution in [1.82, 2.24) is 20.2 Å². The molecule has 2 heterocycles. The summed E-state index contributed by atoms with van der Waals surface area (Å²) in [5, 5.41) is 10.8. The van der Waals surface area contributed by atoms with Gasteiger partial charge in [0, 0.05) is 18.6 Å². The zero-order chi connectivity index (χ0) is 10.5. The molecule has 0 saturated carbocycles. The second-order valence-electron chi connectivity index (χ2n) is 3.15. The summed E-state index contributed by atoms with van der Waals surface area (Å²) in [5.74, 6) is 0.603. The van der Waals surface area contributed by atoms with Crippen LogP contribution in [0.15, 0.2) is 30.7 Å². The van der Waals surface area contributed by atoms with Crippen LogP contribution in [0.3, 0.4) is 0 Å². The van der Waals surface area contributed by atoms with Gasteiger partial charge in [0.15, 0.2) is 0 Å². The van der Waals surface area contributed by atoms with Crippen molar-refractivity contribution in [3.8, 4) is 0 Å². The summed E-state index contributed by atoms with van der Waals surface area (Å²) < 4.78 is 0. The van der Waals surface area contributed by atoms with Crippen molar-refractivity contribution in [2.75, 3.05) is 5.32 Å². The number of anilines is 1. The summed E-state index contributed by atoms with van der Waals surface area (Å²) in [5.41, 5.74) is 1.90. The van der Waals surface area contributed by atoms with Gasteiger partial charge in [-0.05, 0) is 24.6 Å². The highest BCUT2D eigenvalue weighted by atomic mass is 15.1. The molecule has 0 spiro atoms. The maximum atomic E-state index is 4.12. The highest BCUT2D eigenvalue weighted by Crippen LogP contribution is 2.00. The molecule has 1 N–H and O–H groups in total. The van der Waals surface area contributed by atoms with Crippen LogP contribution in [0.5, 0.6) is 0 Å². The summed E-state index contributed by atoms with van der Waals surface area (Å²) in [7, 11) is 0. The Labute approximate surface area is 87.6 Å². The Balaban J connectivity index is 1.96. The number of hydrogen-bond donors (Lipinski definition) is 1. The predicted octanol–water partition coefficient (Wildman–Crippen LogP) is 1.19. The van der Waals surface area contributed by atoms with Gasteiger partial charge in [-0.25, -0.2) is 9.97 Å². The summed E-state index contributed by atoms with van der Waals surface area (Å²) in [6, 6.07) is 3.74. The summed E-state index contributed by atoms with van der Waals surface area (Å²) in [6.07, 6.45) is 5.18. The Hall–Kier alpha value is -2.04. The fourth-order valence-corrected chi connectivity index (χ4v) is 1.08. The Kier molecular flexibility index (Phi) is 2.82. The van der Waals surface area contributed by atoms with E-state index in [1.165, 1.54) is 0 Å². The van der Waals surface area contributed by atoms with Crippen LogP contribution in [0.4, 0.5) is 5.95 Å². The predicted molar refractivity (Wildman–Crippen MR) is 56.1 cm³/mol. The molecule has 0 aromatic carbocycles. The summed E-state index contributed by atoms with van der Waals surface area (Å²) in [4.78, 5) is 8.25. The molecule has 5 nitrogen and oxygen atoms in total. The third-order valence-corrected chi connectivity index (χ3v) is 1.84. The Morgan fingerprint density at radius 1 is 1.27 bits per heavy atom. The van der Waals surface area contributed by atoms with Gasteiger partial charge in [-0.15, -0.1) is 0 Å². The standard InChI is InChI=1S/C10H11N5/c1-8-5-11-10(12-6-8)13-7-9-3-2-4-14-15-9/h2-6H,7H2,1H3,(H,11,12,13). The normalized spacial score (nSPS) is 9.93. The van der Waals surface area contributed by atoms with Gasteiger partial charge in [-0.1, -0.05) is 0 Å². The molecule has 2 aromatic rings. The van der Waals surface area contributed by atoms with E-state index in [0.717, 1.165) is 11.3 Å². The first-order chi connectivity index (χ1) is 7.34. The van der Waals surface area contributed by atoms with Crippen molar-refractivity contribution in [3.63, 3.8) is 0 Å². The zero-order valence-electron chi connectivity index (χ0n) is 8.38. The molecule has 0 fully saturated rings. The minimum Gasteiger partial charge on any atom is -0.348 e. The van der Waals surface area contributed by atoms with Crippen LogP contribution in [0.25, 0.3) is 0 Å². The van der Waals surface area contributed by atoms with E-state index in [2.05, 4.69) is 25.5 Å². The van der Waals surface area contributed by atoms with Gasteiger partial charge >= 0.3 is 0 Å². The largest absolute Gasteiger partial charge is 0.348 e. The van der Waals surface area contributed by atoms with Crippen LogP contribution in [-0.2, 0) is 6.54 Å². The minimum atomic E-state index is 0.580. The molecule has 0 aliphatic rings. The second kappa shape index (κ2) is 4.45. The van der Waals surface area contributed by atoms with Gasteiger partial charge < -0.3 is 5.32 Å². The molecule has 0 radical (unpaired) electrons. The lowest BCUT2D eigenvalue weighted by Crippen LogP contribution is -2.05. The lowest BCUT2D eigenvalue weighted by molar-refractivity contribution is 0.912. The van der Waals surface area contributed by atoms with E-state index in [0.29, 0.717) is 12.5 Å². The highest BCUT2D eigenvalue weighted by Gasteiger charge is 1.96. The van der Waals surface area contributed by atoms with Gasteiger partial charge in [0.05, 0.1) is 12.2 Å². The number of aryl methyl sites for hydroxylation is 1. The molecule has 0 amide bonds. The maximum absolute atomic E-state index is 4.12. The van der Waals surface area contributed by atoms with Gasteiger partial charge in [0.2, 0.25) is 5.95 Å². The molecule has 0 atom stereocenters. The van der Waals surface area contributed by atoms with Crippen molar-refractivity contribution in [2.45, 2.75) is 13.5 Å². The van der Waals surface area contributed by atoms with Crippen molar-refractivity contribution in [2.24, 2.45) is 0 Å². The van der Waals surface area contributed by atoms with Crippen LogP contribution in [0.1, 0.15) is 11.3 Å². The average molecular weight is 201 g/mol. The van der Waals surface area contributed by atoms with Crippen LogP contribution in [0, 0.1) is 6.92 Å². The topological polar surface area (TPSA) is 63.6 Å². The SMILES string of the molecule is Cc1cnc(NCc2cccnn2)nc1. The lowest BCUT2D eigenvalue weighted by atomic mass is 10.4. The molecule has 76 valence electrons. The number of nitrogens with zero attached hydrogens (tertiary/aromatic N) is 4. The van der Waals surface area contributed by atoms with Crippen molar-refractivity contribution < 1.29 is 0 Å². The van der Waals surface area contributed by atoms with Crippen LogP contribution < -0.4 is 5.32 Å².